The maximum absolute atomic E-state index is 12.6. The maximum atomic E-state index is 12.6. The van der Waals surface area contributed by atoms with Crippen LogP contribution in [0.3, 0.4) is 0 Å². The summed E-state index contributed by atoms with van der Waals surface area (Å²) in [6, 6.07) is 10.8. The van der Waals surface area contributed by atoms with Gasteiger partial charge in [0.2, 0.25) is 0 Å². The van der Waals surface area contributed by atoms with E-state index < -0.39 is 5.60 Å². The second kappa shape index (κ2) is 12.9. The Hall–Kier alpha value is -0.810. The van der Waals surface area contributed by atoms with E-state index in [4.69, 9.17) is 4.74 Å². The summed E-state index contributed by atoms with van der Waals surface area (Å²) in [5, 5.41) is 0. The Morgan fingerprint density at radius 1 is 1.13 bits per heavy atom. The summed E-state index contributed by atoms with van der Waals surface area (Å²) in [7, 11) is 2.20. The van der Waals surface area contributed by atoms with Gasteiger partial charge in [0.1, 0.15) is 5.60 Å². The van der Waals surface area contributed by atoms with Gasteiger partial charge in [-0.2, -0.15) is 0 Å². The number of carbonyl (C=O) groups is 1. The van der Waals surface area contributed by atoms with Crippen molar-refractivity contribution in [2.24, 2.45) is 5.41 Å². The third kappa shape index (κ3) is 6.35. The minimum Gasteiger partial charge on any atom is -0.453 e. The van der Waals surface area contributed by atoms with Crippen molar-refractivity contribution in [3.05, 3.63) is 35.9 Å². The molecule has 0 amide bonds. The lowest BCUT2D eigenvalue weighted by atomic mass is 9.63. The van der Waals surface area contributed by atoms with Crippen molar-refractivity contribution in [2.75, 3.05) is 33.2 Å². The van der Waals surface area contributed by atoms with Crippen LogP contribution in [0, 0.1) is 5.41 Å². The number of halogens is 2. The van der Waals surface area contributed by atoms with Crippen LogP contribution in [-0.4, -0.2) is 55.0 Å². The first kappa shape index (κ1) is 29.2. The molecule has 3 unspecified atom stereocenters. The Balaban J connectivity index is 0.00000420. The summed E-state index contributed by atoms with van der Waals surface area (Å²) in [6.45, 7) is 14.9. The largest absolute Gasteiger partial charge is 0.453 e. The molecule has 0 aromatic heterocycles. The van der Waals surface area contributed by atoms with Crippen molar-refractivity contribution in [1.82, 2.24) is 9.80 Å². The number of esters is 1. The summed E-state index contributed by atoms with van der Waals surface area (Å²) >= 11 is 0. The molecule has 3 atom stereocenters. The molecule has 30 heavy (non-hydrogen) atoms. The van der Waals surface area contributed by atoms with Gasteiger partial charge in [-0.15, -0.1) is 24.8 Å². The number of hydrogen-bond donors (Lipinski definition) is 0. The predicted octanol–water partition coefficient (Wildman–Crippen LogP) is 5.53. The monoisotopic (exact) mass is 460 g/mol. The van der Waals surface area contributed by atoms with Gasteiger partial charge < -0.3 is 14.5 Å². The average Bonchev–Trinajstić information content (AvgIpc) is 2.67. The lowest BCUT2D eigenvalue weighted by Gasteiger charge is -2.57. The van der Waals surface area contributed by atoms with Crippen LogP contribution >= 0.6 is 24.8 Å². The molecule has 0 aliphatic carbocycles. The van der Waals surface area contributed by atoms with Gasteiger partial charge in [-0.1, -0.05) is 58.0 Å². The Kier molecular flexibility index (Phi) is 12.6. The Morgan fingerprint density at radius 3 is 2.20 bits per heavy atom. The number of likely N-dealkylation sites (tertiary alicyclic amines) is 1. The standard InChI is InChI=1S/C24H40N2O2.2ClH/c1-7-15-26(16-8-2)19-23(5)18-25(6)20(4)17-24(23,28-22(27)9-3)21-13-11-10-12-14-21;;/h10-14,20H,7-9,15-19H2,1-6H3;2*1H. The molecule has 0 N–H and O–H groups in total. The van der Waals surface area contributed by atoms with Crippen LogP contribution in [0.5, 0.6) is 0 Å². The van der Waals surface area contributed by atoms with Gasteiger partial charge in [0.25, 0.3) is 0 Å². The molecular weight excluding hydrogens is 419 g/mol. The molecule has 1 aliphatic heterocycles. The van der Waals surface area contributed by atoms with E-state index in [0.717, 1.165) is 51.0 Å². The SMILES string of the molecule is CCCN(CCC)CC1(C)CN(C)C(C)CC1(OC(=O)CC)c1ccccc1.Cl.Cl. The molecule has 4 nitrogen and oxygen atoms in total. The second-order valence-electron chi connectivity index (χ2n) is 8.83. The predicted molar refractivity (Wildman–Crippen MR) is 131 cm³/mol. The minimum atomic E-state index is -0.604. The number of ether oxygens (including phenoxy) is 1. The molecule has 1 heterocycles. The van der Waals surface area contributed by atoms with Crippen molar-refractivity contribution in [1.29, 1.82) is 0 Å². The van der Waals surface area contributed by atoms with Crippen molar-refractivity contribution >= 4 is 30.8 Å². The van der Waals surface area contributed by atoms with E-state index in [1.165, 1.54) is 0 Å². The second-order valence-corrected chi connectivity index (χ2v) is 8.83. The van der Waals surface area contributed by atoms with E-state index in [1.807, 2.05) is 13.0 Å². The van der Waals surface area contributed by atoms with E-state index in [1.54, 1.807) is 0 Å². The topological polar surface area (TPSA) is 32.8 Å². The summed E-state index contributed by atoms with van der Waals surface area (Å²) in [6.07, 6.45) is 3.50. The Bertz CT molecular complexity index is 625. The van der Waals surface area contributed by atoms with Gasteiger partial charge in [-0.05, 0) is 45.5 Å². The van der Waals surface area contributed by atoms with Crippen LogP contribution in [0.25, 0.3) is 0 Å². The van der Waals surface area contributed by atoms with Gasteiger partial charge in [0, 0.05) is 37.4 Å². The molecule has 1 aliphatic rings. The highest BCUT2D eigenvalue weighted by molar-refractivity contribution is 5.85. The third-order valence-corrected chi connectivity index (χ3v) is 6.38. The lowest BCUT2D eigenvalue weighted by Crippen LogP contribution is -2.63. The van der Waals surface area contributed by atoms with Crippen LogP contribution in [-0.2, 0) is 15.1 Å². The number of nitrogens with zero attached hydrogens (tertiary/aromatic N) is 2. The summed E-state index contributed by atoms with van der Waals surface area (Å²) in [4.78, 5) is 17.6. The molecule has 0 bridgehead atoms. The van der Waals surface area contributed by atoms with E-state index in [0.29, 0.717) is 12.5 Å². The summed E-state index contributed by atoms with van der Waals surface area (Å²) < 4.78 is 6.41. The number of benzene rings is 1. The van der Waals surface area contributed by atoms with Crippen LogP contribution < -0.4 is 0 Å². The minimum absolute atomic E-state index is 0. The van der Waals surface area contributed by atoms with E-state index >= 15 is 0 Å². The fourth-order valence-corrected chi connectivity index (χ4v) is 4.89. The fraction of sp³-hybridized carbons (Fsp3) is 0.708. The molecule has 6 heteroatoms. The van der Waals surface area contributed by atoms with Crippen molar-refractivity contribution in [2.45, 2.75) is 71.9 Å². The lowest BCUT2D eigenvalue weighted by molar-refractivity contribution is -0.201. The van der Waals surface area contributed by atoms with Crippen LogP contribution in [0.15, 0.2) is 30.3 Å². The molecule has 1 saturated heterocycles. The molecule has 174 valence electrons. The van der Waals surface area contributed by atoms with Gasteiger partial charge in [0.05, 0.1) is 0 Å². The van der Waals surface area contributed by atoms with Gasteiger partial charge in [0.15, 0.2) is 0 Å². The zero-order valence-corrected chi connectivity index (χ0v) is 21.3. The third-order valence-electron chi connectivity index (χ3n) is 6.38. The van der Waals surface area contributed by atoms with E-state index in [9.17, 15) is 4.79 Å². The Labute approximate surface area is 196 Å². The molecule has 1 aromatic carbocycles. The Morgan fingerprint density at radius 2 is 1.70 bits per heavy atom. The number of hydrogen-bond acceptors (Lipinski definition) is 4. The van der Waals surface area contributed by atoms with Gasteiger partial charge in [-0.25, -0.2) is 0 Å². The van der Waals surface area contributed by atoms with Crippen LogP contribution in [0.1, 0.15) is 65.9 Å². The van der Waals surface area contributed by atoms with E-state index in [2.05, 4.69) is 68.8 Å². The highest BCUT2D eigenvalue weighted by Crippen LogP contribution is 2.51. The van der Waals surface area contributed by atoms with Crippen molar-refractivity contribution < 1.29 is 9.53 Å². The van der Waals surface area contributed by atoms with Crippen molar-refractivity contribution in [3.63, 3.8) is 0 Å². The first-order valence-electron chi connectivity index (χ1n) is 11.0. The molecule has 0 spiro atoms. The van der Waals surface area contributed by atoms with E-state index in [-0.39, 0.29) is 36.2 Å². The fourth-order valence-electron chi connectivity index (χ4n) is 4.89. The highest BCUT2D eigenvalue weighted by atomic mass is 35.5. The number of carbonyl (C=O) groups excluding carboxylic acids is 1. The number of rotatable bonds is 9. The highest BCUT2D eigenvalue weighted by Gasteiger charge is 2.57. The molecule has 1 aromatic rings. The normalized spacial score (nSPS) is 26.6. The summed E-state index contributed by atoms with van der Waals surface area (Å²) in [5.41, 5.74) is 0.338. The maximum Gasteiger partial charge on any atom is 0.306 e. The molecule has 1 fully saturated rings. The first-order chi connectivity index (χ1) is 13.3. The zero-order valence-electron chi connectivity index (χ0n) is 19.6. The number of piperidine rings is 1. The van der Waals surface area contributed by atoms with Gasteiger partial charge >= 0.3 is 5.97 Å². The molecule has 0 saturated carbocycles. The zero-order chi connectivity index (χ0) is 20.8. The molecular formula is C24H42Cl2N2O2. The molecule has 2 rings (SSSR count). The summed E-state index contributed by atoms with van der Waals surface area (Å²) in [5.74, 6) is -0.107. The van der Waals surface area contributed by atoms with Crippen LogP contribution in [0.4, 0.5) is 0 Å². The molecule has 0 radical (unpaired) electrons. The van der Waals surface area contributed by atoms with Crippen molar-refractivity contribution in [3.8, 4) is 0 Å². The van der Waals surface area contributed by atoms with Crippen LogP contribution in [0.2, 0.25) is 0 Å². The smallest absolute Gasteiger partial charge is 0.306 e. The first-order valence-corrected chi connectivity index (χ1v) is 11.0. The average molecular weight is 462 g/mol. The quantitative estimate of drug-likeness (QED) is 0.453. The van der Waals surface area contributed by atoms with Gasteiger partial charge in [-0.3, -0.25) is 4.79 Å².